The summed E-state index contributed by atoms with van der Waals surface area (Å²) in [6.45, 7) is 4.60. The van der Waals surface area contributed by atoms with Crippen LogP contribution in [0.15, 0.2) is 12.3 Å². The molecule has 116 valence electrons. The summed E-state index contributed by atoms with van der Waals surface area (Å²) in [6, 6.07) is 1.23. The van der Waals surface area contributed by atoms with E-state index >= 15 is 0 Å². The van der Waals surface area contributed by atoms with Crippen LogP contribution in [0.3, 0.4) is 0 Å². The number of ether oxygens (including phenoxy) is 1. The summed E-state index contributed by atoms with van der Waals surface area (Å²) in [5.74, 6) is -0.279. The summed E-state index contributed by atoms with van der Waals surface area (Å²) in [5.41, 5.74) is 0.189. The van der Waals surface area contributed by atoms with Crippen molar-refractivity contribution < 1.29 is 19.6 Å². The van der Waals surface area contributed by atoms with Crippen molar-refractivity contribution in [3.8, 4) is 0 Å². The second-order valence-electron chi connectivity index (χ2n) is 5.27. The van der Waals surface area contributed by atoms with Crippen LogP contribution in [0.25, 0.3) is 0 Å². The number of hydrogen-bond acceptors (Lipinski definition) is 5. The Morgan fingerprint density at radius 1 is 1.62 bits per heavy atom. The number of hydrogen-bond donors (Lipinski definition) is 1. The van der Waals surface area contributed by atoms with Crippen molar-refractivity contribution in [2.45, 2.75) is 26.0 Å². The fraction of sp³-hybridized carbons (Fsp3) is 0.615. The van der Waals surface area contributed by atoms with E-state index in [1.54, 1.807) is 9.47 Å². The fourth-order valence-electron chi connectivity index (χ4n) is 2.34. The maximum atomic E-state index is 12.6. The Hall–Kier alpha value is -1.93. The van der Waals surface area contributed by atoms with Crippen LogP contribution < -0.4 is 0 Å². The third-order valence-corrected chi connectivity index (χ3v) is 3.45. The molecule has 0 saturated carbocycles. The minimum absolute atomic E-state index is 0.0627. The van der Waals surface area contributed by atoms with Crippen LogP contribution in [0.5, 0.6) is 0 Å². The van der Waals surface area contributed by atoms with Gasteiger partial charge in [-0.2, -0.15) is 0 Å². The highest BCUT2D eigenvalue weighted by molar-refractivity contribution is 5.93. The quantitative estimate of drug-likeness (QED) is 0.655. The smallest absolute Gasteiger partial charge is 0.287 e. The number of nitro groups is 1. The molecule has 1 aromatic heterocycles. The topological polar surface area (TPSA) is 97.8 Å². The van der Waals surface area contributed by atoms with Gasteiger partial charge in [0.25, 0.3) is 11.6 Å². The third kappa shape index (κ3) is 3.22. The van der Waals surface area contributed by atoms with E-state index in [2.05, 4.69) is 0 Å². The van der Waals surface area contributed by atoms with Gasteiger partial charge in [-0.25, -0.2) is 0 Å². The van der Waals surface area contributed by atoms with Crippen molar-refractivity contribution in [1.29, 1.82) is 0 Å². The average Bonchev–Trinajstić information content (AvgIpc) is 2.92. The van der Waals surface area contributed by atoms with Crippen LogP contribution in [0, 0.1) is 10.1 Å². The van der Waals surface area contributed by atoms with E-state index in [1.165, 1.54) is 12.3 Å². The standard InChI is InChI=1S/C13H19N3O5/c1-9(2)15-6-10(16(19)20)5-12(15)13(18)14-3-4-21-11(7-14)8-17/h5-6,9,11,17H,3-4,7-8H2,1-2H3. The van der Waals surface area contributed by atoms with Gasteiger partial charge in [0.1, 0.15) is 5.69 Å². The van der Waals surface area contributed by atoms with Crippen molar-refractivity contribution in [3.05, 3.63) is 28.1 Å². The maximum Gasteiger partial charge on any atom is 0.287 e. The van der Waals surface area contributed by atoms with Gasteiger partial charge in [-0.15, -0.1) is 0 Å². The highest BCUT2D eigenvalue weighted by Crippen LogP contribution is 2.22. The SMILES string of the molecule is CC(C)n1cc([N+](=O)[O-])cc1C(=O)N1CCOC(CO)C1. The van der Waals surface area contributed by atoms with Crippen molar-refractivity contribution >= 4 is 11.6 Å². The number of amides is 1. The third-order valence-electron chi connectivity index (χ3n) is 3.45. The summed E-state index contributed by atoms with van der Waals surface area (Å²) >= 11 is 0. The van der Waals surface area contributed by atoms with Gasteiger partial charge in [-0.1, -0.05) is 0 Å². The molecule has 1 unspecified atom stereocenters. The summed E-state index contributed by atoms with van der Waals surface area (Å²) in [6.07, 6.45) is 0.974. The number of carbonyl (C=O) groups is 1. The molecule has 0 radical (unpaired) electrons. The molecule has 2 rings (SSSR count). The van der Waals surface area contributed by atoms with Crippen LogP contribution in [0.4, 0.5) is 5.69 Å². The van der Waals surface area contributed by atoms with E-state index in [4.69, 9.17) is 9.84 Å². The molecule has 2 heterocycles. The van der Waals surface area contributed by atoms with Crippen LogP contribution in [-0.4, -0.2) is 57.8 Å². The molecular formula is C13H19N3O5. The zero-order chi connectivity index (χ0) is 15.6. The lowest BCUT2D eigenvalue weighted by Crippen LogP contribution is -2.47. The van der Waals surface area contributed by atoms with Gasteiger partial charge < -0.3 is 19.3 Å². The van der Waals surface area contributed by atoms with Gasteiger partial charge in [-0.05, 0) is 13.8 Å². The number of aliphatic hydroxyl groups excluding tert-OH is 1. The Bertz CT molecular complexity index is 540. The summed E-state index contributed by atoms with van der Waals surface area (Å²) in [7, 11) is 0. The first-order chi connectivity index (χ1) is 9.93. The summed E-state index contributed by atoms with van der Waals surface area (Å²) in [5, 5.41) is 20.0. The lowest BCUT2D eigenvalue weighted by molar-refractivity contribution is -0.384. The first kappa shape index (κ1) is 15.5. The second kappa shape index (κ2) is 6.23. The molecule has 1 atom stereocenters. The number of aliphatic hydroxyl groups is 1. The molecule has 8 nitrogen and oxygen atoms in total. The van der Waals surface area contributed by atoms with Crippen molar-refractivity contribution in [3.63, 3.8) is 0 Å². The first-order valence-corrected chi connectivity index (χ1v) is 6.82. The van der Waals surface area contributed by atoms with Gasteiger partial charge in [-0.3, -0.25) is 14.9 Å². The molecule has 1 N–H and O–H groups in total. The lowest BCUT2D eigenvalue weighted by Gasteiger charge is -2.32. The zero-order valence-electron chi connectivity index (χ0n) is 12.1. The number of nitrogens with zero attached hydrogens (tertiary/aromatic N) is 3. The Morgan fingerprint density at radius 3 is 2.90 bits per heavy atom. The van der Waals surface area contributed by atoms with E-state index in [-0.39, 0.29) is 36.5 Å². The van der Waals surface area contributed by atoms with E-state index in [9.17, 15) is 14.9 Å². The van der Waals surface area contributed by atoms with Gasteiger partial charge in [0.15, 0.2) is 0 Å². The second-order valence-corrected chi connectivity index (χ2v) is 5.27. The molecule has 1 saturated heterocycles. The molecule has 0 spiro atoms. The Morgan fingerprint density at radius 2 is 2.33 bits per heavy atom. The Kier molecular flexibility index (Phi) is 4.59. The normalized spacial score (nSPS) is 19.0. The van der Waals surface area contributed by atoms with E-state index in [1.807, 2.05) is 13.8 Å². The van der Waals surface area contributed by atoms with Crippen LogP contribution in [0.1, 0.15) is 30.4 Å². The molecule has 1 aliphatic rings. The molecule has 0 aliphatic carbocycles. The van der Waals surface area contributed by atoms with Crippen molar-refractivity contribution in [1.82, 2.24) is 9.47 Å². The Labute approximate surface area is 122 Å². The Balaban J connectivity index is 2.27. The van der Waals surface area contributed by atoms with Crippen LogP contribution in [-0.2, 0) is 4.74 Å². The summed E-state index contributed by atoms with van der Waals surface area (Å²) < 4.78 is 6.91. The molecule has 21 heavy (non-hydrogen) atoms. The highest BCUT2D eigenvalue weighted by atomic mass is 16.6. The molecule has 0 bridgehead atoms. The van der Waals surface area contributed by atoms with E-state index in [0.717, 1.165) is 0 Å². The lowest BCUT2D eigenvalue weighted by atomic mass is 10.2. The van der Waals surface area contributed by atoms with E-state index in [0.29, 0.717) is 13.2 Å². The van der Waals surface area contributed by atoms with Gasteiger partial charge in [0, 0.05) is 25.2 Å². The molecule has 0 aromatic carbocycles. The molecule has 1 aliphatic heterocycles. The zero-order valence-corrected chi connectivity index (χ0v) is 12.1. The number of morpholine rings is 1. The monoisotopic (exact) mass is 297 g/mol. The van der Waals surface area contributed by atoms with Gasteiger partial charge in [0.05, 0.1) is 30.4 Å². The van der Waals surface area contributed by atoms with Crippen LogP contribution in [0.2, 0.25) is 0 Å². The van der Waals surface area contributed by atoms with Crippen LogP contribution >= 0.6 is 0 Å². The molecule has 1 amide bonds. The largest absolute Gasteiger partial charge is 0.394 e. The maximum absolute atomic E-state index is 12.6. The first-order valence-electron chi connectivity index (χ1n) is 6.82. The number of carbonyl (C=O) groups excluding carboxylic acids is 1. The predicted molar refractivity (Wildman–Crippen MR) is 74.2 cm³/mol. The number of aromatic nitrogens is 1. The average molecular weight is 297 g/mol. The minimum Gasteiger partial charge on any atom is -0.394 e. The van der Waals surface area contributed by atoms with E-state index < -0.39 is 11.0 Å². The van der Waals surface area contributed by atoms with Gasteiger partial charge in [0.2, 0.25) is 0 Å². The van der Waals surface area contributed by atoms with Crippen molar-refractivity contribution in [2.75, 3.05) is 26.3 Å². The molecule has 1 fully saturated rings. The molecule has 1 aromatic rings. The minimum atomic E-state index is -0.508. The van der Waals surface area contributed by atoms with Crippen molar-refractivity contribution in [2.24, 2.45) is 0 Å². The predicted octanol–water partition coefficient (Wildman–Crippen LogP) is 0.810. The fourth-order valence-corrected chi connectivity index (χ4v) is 2.34. The molecular weight excluding hydrogens is 278 g/mol. The summed E-state index contributed by atoms with van der Waals surface area (Å²) in [4.78, 5) is 24.5. The number of rotatable bonds is 4. The van der Waals surface area contributed by atoms with Gasteiger partial charge >= 0.3 is 0 Å². The highest BCUT2D eigenvalue weighted by Gasteiger charge is 2.28. The molecule has 8 heteroatoms.